The molecular weight excluding hydrogens is 243 g/mol. The molecule has 1 aliphatic rings. The van der Waals surface area contributed by atoms with Crippen molar-refractivity contribution in [1.29, 1.82) is 0 Å². The predicted octanol–water partition coefficient (Wildman–Crippen LogP) is 1.51. The molecule has 1 amide bonds. The van der Waals surface area contributed by atoms with Gasteiger partial charge in [0.05, 0.1) is 0 Å². The van der Waals surface area contributed by atoms with Gasteiger partial charge < -0.3 is 10.6 Å². The Kier molecular flexibility index (Phi) is 4.90. The van der Waals surface area contributed by atoms with E-state index < -0.39 is 0 Å². The second-order valence-corrected chi connectivity index (χ2v) is 4.19. The number of halogens is 2. The highest BCUT2D eigenvalue weighted by molar-refractivity contribution is 5.95. The van der Waals surface area contributed by atoms with Crippen molar-refractivity contribution in [1.82, 2.24) is 10.6 Å². The average Bonchev–Trinajstić information content (AvgIpc) is 2.19. The molecule has 5 heteroatoms. The molecule has 3 nitrogen and oxygen atoms in total. The van der Waals surface area contributed by atoms with E-state index in [2.05, 4.69) is 10.6 Å². The molecular formula is C12H16ClFN2O. The Morgan fingerprint density at radius 3 is 2.82 bits per heavy atom. The van der Waals surface area contributed by atoms with Crippen molar-refractivity contribution < 1.29 is 9.18 Å². The number of rotatable bonds is 3. The number of hydrogen-bond acceptors (Lipinski definition) is 2. The minimum Gasteiger partial charge on any atom is -0.352 e. The first-order valence-electron chi connectivity index (χ1n) is 5.42. The molecule has 0 atom stereocenters. The van der Waals surface area contributed by atoms with Crippen LogP contribution in [0.3, 0.4) is 0 Å². The topological polar surface area (TPSA) is 41.1 Å². The van der Waals surface area contributed by atoms with Crippen molar-refractivity contribution in [2.24, 2.45) is 5.92 Å². The summed E-state index contributed by atoms with van der Waals surface area (Å²) >= 11 is 0. The highest BCUT2D eigenvalue weighted by Gasteiger charge is 2.18. The smallest absolute Gasteiger partial charge is 0.251 e. The summed E-state index contributed by atoms with van der Waals surface area (Å²) in [6.45, 7) is 4.35. The summed E-state index contributed by atoms with van der Waals surface area (Å²) in [5.41, 5.74) is 1.22. The number of nitrogens with one attached hydrogen (secondary N) is 2. The van der Waals surface area contributed by atoms with Crippen LogP contribution in [0.4, 0.5) is 4.39 Å². The fraction of sp³-hybridized carbons (Fsp3) is 0.417. The van der Waals surface area contributed by atoms with Crippen LogP contribution in [-0.4, -0.2) is 25.5 Å². The fourth-order valence-corrected chi connectivity index (χ4v) is 1.66. The van der Waals surface area contributed by atoms with E-state index in [4.69, 9.17) is 0 Å². The molecule has 2 N–H and O–H groups in total. The number of carbonyl (C=O) groups excluding carboxylic acids is 1. The first-order valence-corrected chi connectivity index (χ1v) is 5.42. The zero-order valence-electron chi connectivity index (χ0n) is 9.63. The van der Waals surface area contributed by atoms with Crippen LogP contribution in [0.2, 0.25) is 0 Å². The van der Waals surface area contributed by atoms with Crippen molar-refractivity contribution in [3.63, 3.8) is 0 Å². The maximum atomic E-state index is 13.0. The highest BCUT2D eigenvalue weighted by Crippen LogP contribution is 2.10. The van der Waals surface area contributed by atoms with E-state index >= 15 is 0 Å². The largest absolute Gasteiger partial charge is 0.352 e. The lowest BCUT2D eigenvalue weighted by atomic mass is 10.0. The van der Waals surface area contributed by atoms with Crippen LogP contribution in [0.1, 0.15) is 15.9 Å². The van der Waals surface area contributed by atoms with Crippen LogP contribution < -0.4 is 10.6 Å². The highest BCUT2D eigenvalue weighted by atomic mass is 35.5. The minimum absolute atomic E-state index is 0. The molecule has 0 aromatic heterocycles. The third kappa shape index (κ3) is 3.41. The van der Waals surface area contributed by atoms with Gasteiger partial charge in [-0.1, -0.05) is 6.07 Å². The van der Waals surface area contributed by atoms with Gasteiger partial charge in [-0.05, 0) is 24.6 Å². The Bertz CT molecular complexity index is 407. The van der Waals surface area contributed by atoms with E-state index in [1.807, 2.05) is 0 Å². The van der Waals surface area contributed by atoms with E-state index in [-0.39, 0.29) is 24.1 Å². The number of carbonyl (C=O) groups is 1. The Hall–Kier alpha value is -1.13. The maximum absolute atomic E-state index is 13.0. The molecule has 2 rings (SSSR count). The van der Waals surface area contributed by atoms with E-state index in [1.54, 1.807) is 13.0 Å². The molecule has 0 saturated carbocycles. The summed E-state index contributed by atoms with van der Waals surface area (Å²) in [5, 5.41) is 5.96. The predicted molar refractivity (Wildman–Crippen MR) is 67.1 cm³/mol. The van der Waals surface area contributed by atoms with Crippen LogP contribution in [-0.2, 0) is 0 Å². The lowest BCUT2D eigenvalue weighted by Gasteiger charge is -2.27. The van der Waals surface area contributed by atoms with Gasteiger partial charge in [-0.15, -0.1) is 12.4 Å². The zero-order chi connectivity index (χ0) is 11.5. The molecule has 1 heterocycles. The average molecular weight is 259 g/mol. The molecule has 0 unspecified atom stereocenters. The van der Waals surface area contributed by atoms with Crippen LogP contribution in [0.25, 0.3) is 0 Å². The van der Waals surface area contributed by atoms with Crippen LogP contribution in [0.15, 0.2) is 18.2 Å². The molecule has 0 spiro atoms. The molecule has 1 fully saturated rings. The van der Waals surface area contributed by atoms with Gasteiger partial charge in [0.15, 0.2) is 0 Å². The summed E-state index contributed by atoms with van der Waals surface area (Å²) in [5.74, 6) is -0.0530. The van der Waals surface area contributed by atoms with Crippen LogP contribution in [0, 0.1) is 18.7 Å². The summed E-state index contributed by atoms with van der Waals surface area (Å²) in [6.07, 6.45) is 0. The van der Waals surface area contributed by atoms with Gasteiger partial charge in [0.25, 0.3) is 5.91 Å². The zero-order valence-corrected chi connectivity index (χ0v) is 10.4. The van der Waals surface area contributed by atoms with Crippen molar-refractivity contribution in [3.05, 3.63) is 35.1 Å². The Balaban J connectivity index is 0.00000144. The molecule has 0 aliphatic carbocycles. The molecule has 0 bridgehead atoms. The number of amides is 1. The Labute approximate surface area is 106 Å². The molecule has 1 aliphatic heterocycles. The lowest BCUT2D eigenvalue weighted by molar-refractivity contribution is 0.0941. The maximum Gasteiger partial charge on any atom is 0.251 e. The molecule has 1 aromatic rings. The van der Waals surface area contributed by atoms with Gasteiger partial charge in [-0.3, -0.25) is 4.79 Å². The monoisotopic (exact) mass is 258 g/mol. The van der Waals surface area contributed by atoms with Crippen molar-refractivity contribution >= 4 is 18.3 Å². The molecule has 0 radical (unpaired) electrons. The molecule has 94 valence electrons. The van der Waals surface area contributed by atoms with Gasteiger partial charge in [-0.25, -0.2) is 4.39 Å². The quantitative estimate of drug-likeness (QED) is 0.863. The molecule has 1 aromatic carbocycles. The lowest BCUT2D eigenvalue weighted by Crippen LogP contribution is -2.48. The summed E-state index contributed by atoms with van der Waals surface area (Å²) < 4.78 is 13.0. The third-order valence-electron chi connectivity index (χ3n) is 2.86. The van der Waals surface area contributed by atoms with E-state index in [1.165, 1.54) is 12.1 Å². The van der Waals surface area contributed by atoms with E-state index in [0.717, 1.165) is 18.7 Å². The summed E-state index contributed by atoms with van der Waals surface area (Å²) in [7, 11) is 0. The standard InChI is InChI=1S/C12H15FN2O.ClH/c1-8-2-3-10(13)4-11(8)12(16)15-7-9-5-14-6-9;/h2-4,9,14H,5-7H2,1H3,(H,15,16);1H. The van der Waals surface area contributed by atoms with E-state index in [9.17, 15) is 9.18 Å². The summed E-state index contributed by atoms with van der Waals surface area (Å²) in [4.78, 5) is 11.8. The van der Waals surface area contributed by atoms with Gasteiger partial charge in [0, 0.05) is 31.1 Å². The normalized spacial score (nSPS) is 14.7. The van der Waals surface area contributed by atoms with Gasteiger partial charge in [-0.2, -0.15) is 0 Å². The fourth-order valence-electron chi connectivity index (χ4n) is 1.66. The number of aryl methyl sites for hydroxylation is 1. The SMILES string of the molecule is Cc1ccc(F)cc1C(=O)NCC1CNC1.Cl. The van der Waals surface area contributed by atoms with Crippen LogP contribution >= 0.6 is 12.4 Å². The van der Waals surface area contributed by atoms with Gasteiger partial charge in [0.1, 0.15) is 5.82 Å². The first-order chi connectivity index (χ1) is 7.66. The van der Waals surface area contributed by atoms with Crippen LogP contribution in [0.5, 0.6) is 0 Å². The number of benzene rings is 1. The first kappa shape index (κ1) is 13.9. The second kappa shape index (κ2) is 5.98. The second-order valence-electron chi connectivity index (χ2n) is 4.19. The van der Waals surface area contributed by atoms with Crippen molar-refractivity contribution in [2.45, 2.75) is 6.92 Å². The van der Waals surface area contributed by atoms with Gasteiger partial charge >= 0.3 is 0 Å². The third-order valence-corrected chi connectivity index (χ3v) is 2.86. The van der Waals surface area contributed by atoms with Gasteiger partial charge in [0.2, 0.25) is 0 Å². The van der Waals surface area contributed by atoms with E-state index in [0.29, 0.717) is 18.0 Å². The number of hydrogen-bond donors (Lipinski definition) is 2. The van der Waals surface area contributed by atoms with Crippen molar-refractivity contribution in [3.8, 4) is 0 Å². The Morgan fingerprint density at radius 2 is 2.24 bits per heavy atom. The Morgan fingerprint density at radius 1 is 1.53 bits per heavy atom. The molecule has 17 heavy (non-hydrogen) atoms. The summed E-state index contributed by atoms with van der Waals surface area (Å²) in [6, 6.07) is 4.26. The molecule has 1 saturated heterocycles. The minimum atomic E-state index is -0.374. The van der Waals surface area contributed by atoms with Crippen molar-refractivity contribution in [2.75, 3.05) is 19.6 Å².